The minimum absolute atomic E-state index is 0.137. The molecular formula is C23H23N3O3. The molecule has 2 aromatic carbocycles. The number of nitrogens with zero attached hydrogens (tertiary/aromatic N) is 2. The van der Waals surface area contributed by atoms with Crippen LogP contribution < -0.4 is 19.7 Å². The van der Waals surface area contributed by atoms with Crippen LogP contribution in [0.2, 0.25) is 0 Å². The van der Waals surface area contributed by atoms with Crippen molar-refractivity contribution in [1.29, 1.82) is 0 Å². The molecular weight excluding hydrogens is 366 g/mol. The van der Waals surface area contributed by atoms with E-state index in [1.165, 1.54) is 0 Å². The number of ether oxygens (including phenoxy) is 2. The van der Waals surface area contributed by atoms with E-state index in [4.69, 9.17) is 9.47 Å². The van der Waals surface area contributed by atoms with Gasteiger partial charge in [-0.25, -0.2) is 0 Å². The summed E-state index contributed by atoms with van der Waals surface area (Å²) < 4.78 is 10.9. The first-order valence-electron chi connectivity index (χ1n) is 9.37. The smallest absolute Gasteiger partial charge is 0.262 e. The summed E-state index contributed by atoms with van der Waals surface area (Å²) in [7, 11) is 3.18. The zero-order valence-corrected chi connectivity index (χ0v) is 16.9. The van der Waals surface area contributed by atoms with Gasteiger partial charge in [0, 0.05) is 18.0 Å². The number of nitrogens with one attached hydrogen (secondary N) is 1. The number of anilines is 2. The third-order valence-corrected chi connectivity index (χ3v) is 4.98. The van der Waals surface area contributed by atoms with Crippen molar-refractivity contribution in [2.45, 2.75) is 20.0 Å². The summed E-state index contributed by atoms with van der Waals surface area (Å²) in [5, 5.41) is 3.49. The molecule has 0 saturated heterocycles. The van der Waals surface area contributed by atoms with Crippen molar-refractivity contribution in [3.8, 4) is 11.5 Å². The summed E-state index contributed by atoms with van der Waals surface area (Å²) in [4.78, 5) is 19.5. The van der Waals surface area contributed by atoms with E-state index in [0.29, 0.717) is 28.4 Å². The highest BCUT2D eigenvalue weighted by Crippen LogP contribution is 2.42. The van der Waals surface area contributed by atoms with E-state index in [-0.39, 0.29) is 5.91 Å². The lowest BCUT2D eigenvalue weighted by Gasteiger charge is -2.28. The third-order valence-electron chi connectivity index (χ3n) is 4.98. The minimum atomic E-state index is -0.471. The maximum atomic E-state index is 13.3. The standard InChI is InChI=1S/C23H23N3O3/c1-14-10-15(2)12-16(11-14)25-22-21-18(6-5-9-24-21)23(27)26(22)19-13-17(28-3)7-8-20(19)29-4/h5-13,22,25H,1-4H3. The van der Waals surface area contributed by atoms with Crippen molar-refractivity contribution in [3.05, 3.63) is 77.1 Å². The van der Waals surface area contributed by atoms with Crippen molar-refractivity contribution in [2.75, 3.05) is 24.4 Å². The molecule has 2 heterocycles. The van der Waals surface area contributed by atoms with Crippen LogP contribution in [0, 0.1) is 13.8 Å². The number of hydrogen-bond donors (Lipinski definition) is 1. The fourth-order valence-electron chi connectivity index (χ4n) is 3.77. The van der Waals surface area contributed by atoms with Gasteiger partial charge in [0.05, 0.1) is 31.2 Å². The van der Waals surface area contributed by atoms with Crippen molar-refractivity contribution >= 4 is 17.3 Å². The van der Waals surface area contributed by atoms with Crippen molar-refractivity contribution < 1.29 is 14.3 Å². The molecule has 1 aliphatic heterocycles. The van der Waals surface area contributed by atoms with E-state index >= 15 is 0 Å². The number of benzene rings is 2. The van der Waals surface area contributed by atoms with Gasteiger partial charge in [-0.3, -0.25) is 14.7 Å². The lowest BCUT2D eigenvalue weighted by atomic mass is 10.1. The first-order chi connectivity index (χ1) is 14.0. The molecule has 6 nitrogen and oxygen atoms in total. The zero-order chi connectivity index (χ0) is 20.5. The number of fused-ring (bicyclic) bond motifs is 1. The number of aryl methyl sites for hydroxylation is 2. The van der Waals surface area contributed by atoms with Gasteiger partial charge in [-0.1, -0.05) is 6.07 Å². The Hall–Kier alpha value is -3.54. The van der Waals surface area contributed by atoms with Crippen LogP contribution in [0.3, 0.4) is 0 Å². The number of hydrogen-bond acceptors (Lipinski definition) is 5. The predicted molar refractivity (Wildman–Crippen MR) is 113 cm³/mol. The van der Waals surface area contributed by atoms with Gasteiger partial charge < -0.3 is 14.8 Å². The molecule has 1 aliphatic rings. The second-order valence-electron chi connectivity index (χ2n) is 7.07. The second kappa shape index (κ2) is 7.47. The molecule has 6 heteroatoms. The van der Waals surface area contributed by atoms with Gasteiger partial charge in [-0.05, 0) is 61.4 Å². The Morgan fingerprint density at radius 1 is 1.00 bits per heavy atom. The first kappa shape index (κ1) is 18.8. The van der Waals surface area contributed by atoms with Gasteiger partial charge >= 0.3 is 0 Å². The number of pyridine rings is 1. The fourth-order valence-corrected chi connectivity index (χ4v) is 3.77. The van der Waals surface area contributed by atoms with Crippen LogP contribution in [0.4, 0.5) is 11.4 Å². The van der Waals surface area contributed by atoms with Crippen molar-refractivity contribution in [2.24, 2.45) is 0 Å². The molecule has 0 bridgehead atoms. The molecule has 0 saturated carbocycles. The number of amides is 1. The minimum Gasteiger partial charge on any atom is -0.497 e. The molecule has 1 amide bonds. The van der Waals surface area contributed by atoms with E-state index in [0.717, 1.165) is 16.8 Å². The predicted octanol–water partition coefficient (Wildman–Crippen LogP) is 4.49. The van der Waals surface area contributed by atoms with Gasteiger partial charge in [0.1, 0.15) is 11.5 Å². The van der Waals surface area contributed by atoms with Crippen LogP contribution in [-0.2, 0) is 0 Å². The molecule has 148 valence electrons. The highest BCUT2D eigenvalue weighted by Gasteiger charge is 2.40. The highest BCUT2D eigenvalue weighted by atomic mass is 16.5. The van der Waals surface area contributed by atoms with Gasteiger partial charge in [-0.15, -0.1) is 0 Å². The Bertz CT molecular complexity index is 1060. The summed E-state index contributed by atoms with van der Waals surface area (Å²) in [6.45, 7) is 4.10. The van der Waals surface area contributed by atoms with Crippen LogP contribution in [-0.4, -0.2) is 25.1 Å². The van der Waals surface area contributed by atoms with Gasteiger partial charge in [0.2, 0.25) is 0 Å². The zero-order valence-electron chi connectivity index (χ0n) is 16.9. The van der Waals surface area contributed by atoms with Crippen LogP contribution in [0.15, 0.2) is 54.7 Å². The molecule has 3 aromatic rings. The molecule has 0 fully saturated rings. The molecule has 4 rings (SSSR count). The first-order valence-corrected chi connectivity index (χ1v) is 9.37. The maximum absolute atomic E-state index is 13.3. The SMILES string of the molecule is COc1ccc(OC)c(N2C(=O)c3cccnc3C2Nc2cc(C)cc(C)c2)c1. The maximum Gasteiger partial charge on any atom is 0.262 e. The summed E-state index contributed by atoms with van der Waals surface area (Å²) >= 11 is 0. The second-order valence-corrected chi connectivity index (χ2v) is 7.07. The number of carbonyl (C=O) groups is 1. The number of carbonyl (C=O) groups excluding carboxylic acids is 1. The number of methoxy groups -OCH3 is 2. The lowest BCUT2D eigenvalue weighted by Crippen LogP contribution is -2.32. The Morgan fingerprint density at radius 3 is 2.45 bits per heavy atom. The average Bonchev–Trinajstić information content (AvgIpc) is 2.98. The molecule has 0 aliphatic carbocycles. The Balaban J connectivity index is 1.85. The van der Waals surface area contributed by atoms with Crippen LogP contribution in [0.5, 0.6) is 11.5 Å². The van der Waals surface area contributed by atoms with E-state index in [1.54, 1.807) is 55.6 Å². The van der Waals surface area contributed by atoms with Gasteiger partial charge in [0.25, 0.3) is 5.91 Å². The molecule has 1 aromatic heterocycles. The van der Waals surface area contributed by atoms with Crippen LogP contribution in [0.25, 0.3) is 0 Å². The molecule has 1 atom stereocenters. The van der Waals surface area contributed by atoms with E-state index in [2.05, 4.69) is 28.5 Å². The Labute approximate surface area is 170 Å². The van der Waals surface area contributed by atoms with Gasteiger partial charge in [0.15, 0.2) is 6.17 Å². The number of rotatable bonds is 5. The van der Waals surface area contributed by atoms with Gasteiger partial charge in [-0.2, -0.15) is 0 Å². The monoisotopic (exact) mass is 389 g/mol. The molecule has 1 unspecified atom stereocenters. The van der Waals surface area contributed by atoms with Crippen molar-refractivity contribution in [3.63, 3.8) is 0 Å². The average molecular weight is 389 g/mol. The Kier molecular flexibility index (Phi) is 4.84. The molecule has 0 spiro atoms. The van der Waals surface area contributed by atoms with Crippen LogP contribution in [0.1, 0.15) is 33.3 Å². The normalized spacial score (nSPS) is 15.2. The summed E-state index contributed by atoms with van der Waals surface area (Å²) in [5.41, 5.74) is 5.08. The summed E-state index contributed by atoms with van der Waals surface area (Å²) in [6, 6.07) is 15.2. The topological polar surface area (TPSA) is 63.7 Å². The quantitative estimate of drug-likeness (QED) is 0.697. The van der Waals surface area contributed by atoms with E-state index < -0.39 is 6.17 Å². The third kappa shape index (κ3) is 3.38. The Morgan fingerprint density at radius 2 is 1.76 bits per heavy atom. The van der Waals surface area contributed by atoms with Crippen molar-refractivity contribution in [1.82, 2.24) is 4.98 Å². The van der Waals surface area contributed by atoms with Crippen LogP contribution >= 0.6 is 0 Å². The number of aromatic nitrogens is 1. The van der Waals surface area contributed by atoms with E-state index in [1.807, 2.05) is 13.8 Å². The van der Waals surface area contributed by atoms with E-state index in [9.17, 15) is 4.79 Å². The molecule has 29 heavy (non-hydrogen) atoms. The fraction of sp³-hybridized carbons (Fsp3) is 0.217. The largest absolute Gasteiger partial charge is 0.497 e. The lowest BCUT2D eigenvalue weighted by molar-refractivity contribution is 0.0992. The highest BCUT2D eigenvalue weighted by molar-refractivity contribution is 6.11. The summed E-state index contributed by atoms with van der Waals surface area (Å²) in [6.07, 6.45) is 1.23. The molecule has 1 N–H and O–H groups in total. The molecule has 0 radical (unpaired) electrons. The summed E-state index contributed by atoms with van der Waals surface area (Å²) in [5.74, 6) is 1.09.